The van der Waals surface area contributed by atoms with Crippen LogP contribution in [0.2, 0.25) is 0 Å². The Kier molecular flexibility index (Phi) is 2.69. The van der Waals surface area contributed by atoms with Crippen LogP contribution in [-0.4, -0.2) is 29.7 Å². The summed E-state index contributed by atoms with van der Waals surface area (Å²) in [5, 5.41) is 0. The second kappa shape index (κ2) is 4.23. The molecule has 0 aliphatic carbocycles. The zero-order valence-corrected chi connectivity index (χ0v) is 10.4. The lowest BCUT2D eigenvalue weighted by molar-refractivity contribution is -0.0589. The second-order valence-corrected chi connectivity index (χ2v) is 4.94. The molecule has 0 unspecified atom stereocenters. The van der Waals surface area contributed by atoms with Crippen LogP contribution in [0.3, 0.4) is 0 Å². The van der Waals surface area contributed by atoms with Gasteiger partial charge in [0, 0.05) is 12.1 Å². The lowest BCUT2D eigenvalue weighted by Crippen LogP contribution is -2.52. The molecule has 1 aromatic heterocycles. The average molecular weight is 243 g/mol. The van der Waals surface area contributed by atoms with Gasteiger partial charge in [-0.3, -0.25) is 0 Å². The third kappa shape index (κ3) is 1.65. The molecule has 1 aromatic carbocycles. The summed E-state index contributed by atoms with van der Waals surface area (Å²) in [5.74, 6) is 0.939. The summed E-state index contributed by atoms with van der Waals surface area (Å²) < 4.78 is 5.28. The highest BCUT2D eigenvalue weighted by Crippen LogP contribution is 2.31. The number of nitrogens with two attached hydrogens (primary N) is 1. The Morgan fingerprint density at radius 1 is 1.39 bits per heavy atom. The summed E-state index contributed by atoms with van der Waals surface area (Å²) in [6.07, 6.45) is 1.88. The molecule has 2 heterocycles. The van der Waals surface area contributed by atoms with E-state index in [0.29, 0.717) is 19.8 Å². The highest BCUT2D eigenvalue weighted by molar-refractivity contribution is 5.62. The van der Waals surface area contributed by atoms with Gasteiger partial charge in [0.15, 0.2) is 0 Å². The van der Waals surface area contributed by atoms with E-state index in [1.807, 2.05) is 18.3 Å². The number of nitrogens with one attached hydrogen (secondary N) is 1. The SMILES string of the molecule is Cc1ccccc1-c1cnc(C2(CN)COC2)[nH]1. The molecular formula is C14H17N3O. The maximum Gasteiger partial charge on any atom is 0.118 e. The predicted octanol–water partition coefficient (Wildman–Crippen LogP) is 1.61. The number of aromatic amines is 1. The number of aryl methyl sites for hydroxylation is 1. The first-order valence-electron chi connectivity index (χ1n) is 6.14. The van der Waals surface area contributed by atoms with Crippen molar-refractivity contribution < 1.29 is 4.74 Å². The second-order valence-electron chi connectivity index (χ2n) is 4.94. The van der Waals surface area contributed by atoms with E-state index in [4.69, 9.17) is 10.5 Å². The number of aromatic nitrogens is 2. The number of ether oxygens (including phenoxy) is 1. The standard InChI is InChI=1S/C14H17N3O/c1-10-4-2-3-5-11(10)12-6-16-13(17-12)14(7-15)8-18-9-14/h2-6H,7-9,15H2,1H3,(H,16,17). The highest BCUT2D eigenvalue weighted by atomic mass is 16.5. The van der Waals surface area contributed by atoms with Crippen molar-refractivity contribution in [3.05, 3.63) is 41.9 Å². The molecule has 0 radical (unpaired) electrons. The van der Waals surface area contributed by atoms with E-state index in [2.05, 4.69) is 29.0 Å². The normalized spacial score (nSPS) is 17.4. The smallest absolute Gasteiger partial charge is 0.118 e. The highest BCUT2D eigenvalue weighted by Gasteiger charge is 2.41. The molecule has 0 bridgehead atoms. The number of hydrogen-bond donors (Lipinski definition) is 2. The van der Waals surface area contributed by atoms with Gasteiger partial charge in [-0.05, 0) is 12.5 Å². The molecule has 4 nitrogen and oxygen atoms in total. The van der Waals surface area contributed by atoms with Crippen LogP contribution in [0.25, 0.3) is 11.3 Å². The number of hydrogen-bond acceptors (Lipinski definition) is 3. The van der Waals surface area contributed by atoms with Crippen molar-refractivity contribution in [2.75, 3.05) is 19.8 Å². The molecule has 4 heteroatoms. The van der Waals surface area contributed by atoms with Crippen LogP contribution in [0.1, 0.15) is 11.4 Å². The summed E-state index contributed by atoms with van der Waals surface area (Å²) >= 11 is 0. The Hall–Kier alpha value is -1.65. The summed E-state index contributed by atoms with van der Waals surface area (Å²) in [5.41, 5.74) is 9.19. The molecule has 18 heavy (non-hydrogen) atoms. The van der Waals surface area contributed by atoms with Gasteiger partial charge >= 0.3 is 0 Å². The Balaban J connectivity index is 1.97. The monoisotopic (exact) mass is 243 g/mol. The van der Waals surface area contributed by atoms with E-state index < -0.39 is 0 Å². The fraction of sp³-hybridized carbons (Fsp3) is 0.357. The van der Waals surface area contributed by atoms with Crippen molar-refractivity contribution in [3.8, 4) is 11.3 Å². The summed E-state index contributed by atoms with van der Waals surface area (Å²) in [7, 11) is 0. The fourth-order valence-electron chi connectivity index (χ4n) is 2.30. The van der Waals surface area contributed by atoms with E-state index >= 15 is 0 Å². The minimum atomic E-state index is -0.110. The number of benzene rings is 1. The molecule has 3 N–H and O–H groups in total. The van der Waals surface area contributed by atoms with Crippen molar-refractivity contribution in [2.45, 2.75) is 12.3 Å². The van der Waals surface area contributed by atoms with E-state index in [1.165, 1.54) is 11.1 Å². The zero-order valence-electron chi connectivity index (χ0n) is 10.4. The van der Waals surface area contributed by atoms with Gasteiger partial charge < -0.3 is 15.5 Å². The van der Waals surface area contributed by atoms with Crippen LogP contribution in [0, 0.1) is 6.92 Å². The molecule has 94 valence electrons. The van der Waals surface area contributed by atoms with Crippen LogP contribution in [0.5, 0.6) is 0 Å². The molecule has 0 spiro atoms. The van der Waals surface area contributed by atoms with Crippen LogP contribution in [0.15, 0.2) is 30.5 Å². The first-order chi connectivity index (χ1) is 8.75. The molecule has 0 amide bonds. The van der Waals surface area contributed by atoms with Gasteiger partial charge in [-0.1, -0.05) is 24.3 Å². The quantitative estimate of drug-likeness (QED) is 0.861. The Labute approximate surface area is 106 Å². The third-order valence-electron chi connectivity index (χ3n) is 3.66. The van der Waals surface area contributed by atoms with Crippen molar-refractivity contribution in [3.63, 3.8) is 0 Å². The predicted molar refractivity (Wildman–Crippen MR) is 70.3 cm³/mol. The van der Waals surface area contributed by atoms with Crippen molar-refractivity contribution >= 4 is 0 Å². The summed E-state index contributed by atoms with van der Waals surface area (Å²) in [6, 6.07) is 8.27. The first-order valence-corrected chi connectivity index (χ1v) is 6.14. The van der Waals surface area contributed by atoms with Gasteiger partial charge in [0.2, 0.25) is 0 Å². The maximum absolute atomic E-state index is 5.84. The molecule has 1 aliphatic heterocycles. The molecule has 1 aliphatic rings. The van der Waals surface area contributed by atoms with Crippen molar-refractivity contribution in [1.82, 2.24) is 9.97 Å². The van der Waals surface area contributed by atoms with Gasteiger partial charge in [-0.2, -0.15) is 0 Å². The molecule has 2 aromatic rings. The number of nitrogens with zero attached hydrogens (tertiary/aromatic N) is 1. The minimum Gasteiger partial charge on any atom is -0.379 e. The topological polar surface area (TPSA) is 63.9 Å². The van der Waals surface area contributed by atoms with Crippen LogP contribution in [0.4, 0.5) is 0 Å². The average Bonchev–Trinajstić information content (AvgIpc) is 2.79. The first kappa shape index (κ1) is 11.4. The third-order valence-corrected chi connectivity index (χ3v) is 3.66. The van der Waals surface area contributed by atoms with Gasteiger partial charge in [0.1, 0.15) is 5.82 Å². The van der Waals surface area contributed by atoms with Gasteiger partial charge in [0.25, 0.3) is 0 Å². The minimum absolute atomic E-state index is 0.110. The Bertz CT molecular complexity index is 552. The van der Waals surface area contributed by atoms with Crippen LogP contribution >= 0.6 is 0 Å². The lowest BCUT2D eigenvalue weighted by Gasteiger charge is -2.38. The number of imidazole rings is 1. The van der Waals surface area contributed by atoms with Gasteiger partial charge in [-0.25, -0.2) is 4.98 Å². The Morgan fingerprint density at radius 3 is 2.78 bits per heavy atom. The summed E-state index contributed by atoms with van der Waals surface area (Å²) in [6.45, 7) is 3.98. The largest absolute Gasteiger partial charge is 0.379 e. The molecular weight excluding hydrogens is 226 g/mol. The lowest BCUT2D eigenvalue weighted by atomic mass is 9.85. The van der Waals surface area contributed by atoms with Gasteiger partial charge in [-0.15, -0.1) is 0 Å². The fourth-order valence-corrected chi connectivity index (χ4v) is 2.30. The van der Waals surface area contributed by atoms with Crippen molar-refractivity contribution in [1.29, 1.82) is 0 Å². The molecule has 1 fully saturated rings. The van der Waals surface area contributed by atoms with E-state index in [9.17, 15) is 0 Å². The Morgan fingerprint density at radius 2 is 2.17 bits per heavy atom. The zero-order chi connectivity index (χ0) is 12.6. The van der Waals surface area contributed by atoms with E-state index in [-0.39, 0.29) is 5.41 Å². The molecule has 3 rings (SSSR count). The van der Waals surface area contributed by atoms with E-state index in [1.54, 1.807) is 0 Å². The maximum atomic E-state index is 5.84. The van der Waals surface area contributed by atoms with Crippen LogP contribution < -0.4 is 5.73 Å². The molecule has 0 saturated carbocycles. The number of rotatable bonds is 3. The summed E-state index contributed by atoms with van der Waals surface area (Å²) in [4.78, 5) is 7.88. The van der Waals surface area contributed by atoms with Crippen LogP contribution in [-0.2, 0) is 10.2 Å². The van der Waals surface area contributed by atoms with Crippen molar-refractivity contribution in [2.24, 2.45) is 5.73 Å². The molecule has 1 saturated heterocycles. The number of H-pyrrole nitrogens is 1. The van der Waals surface area contributed by atoms with Gasteiger partial charge in [0.05, 0.1) is 30.5 Å². The molecule has 0 atom stereocenters. The van der Waals surface area contributed by atoms with E-state index in [0.717, 1.165) is 11.5 Å².